The molecule has 2 atom stereocenters. The number of para-hydroxylation sites is 1. The SMILES string of the molecule is Cc1ccc(S(=O)(=O)N2C[C@@H](c3ccc(C(C)(C)C)cc3)[C@H](C#N)c3ccccc32)cc1. The normalized spacial score (nSPS) is 18.7. The van der Waals surface area contributed by atoms with Gasteiger partial charge in [-0.2, -0.15) is 5.26 Å². The summed E-state index contributed by atoms with van der Waals surface area (Å²) in [5, 5.41) is 10.1. The highest BCUT2D eigenvalue weighted by atomic mass is 32.2. The van der Waals surface area contributed by atoms with E-state index < -0.39 is 15.9 Å². The minimum atomic E-state index is -3.77. The minimum absolute atomic E-state index is 0.0210. The summed E-state index contributed by atoms with van der Waals surface area (Å²) in [5.41, 5.74) is 4.54. The Morgan fingerprint density at radius 2 is 1.56 bits per heavy atom. The molecule has 3 aromatic rings. The fraction of sp³-hybridized carbons (Fsp3) is 0.296. The molecule has 0 saturated carbocycles. The van der Waals surface area contributed by atoms with Gasteiger partial charge in [0.2, 0.25) is 0 Å². The van der Waals surface area contributed by atoms with E-state index in [1.807, 2.05) is 49.4 Å². The van der Waals surface area contributed by atoms with Gasteiger partial charge in [-0.05, 0) is 47.2 Å². The van der Waals surface area contributed by atoms with Crippen LogP contribution in [0.25, 0.3) is 0 Å². The van der Waals surface area contributed by atoms with Crippen molar-refractivity contribution < 1.29 is 8.42 Å². The van der Waals surface area contributed by atoms with E-state index >= 15 is 0 Å². The second kappa shape index (κ2) is 8.11. The van der Waals surface area contributed by atoms with Gasteiger partial charge in [-0.1, -0.05) is 80.9 Å². The van der Waals surface area contributed by atoms with Crippen molar-refractivity contribution in [2.45, 2.75) is 49.8 Å². The summed E-state index contributed by atoms with van der Waals surface area (Å²) in [7, 11) is -3.77. The van der Waals surface area contributed by atoms with Crippen LogP contribution in [0.3, 0.4) is 0 Å². The molecule has 0 amide bonds. The van der Waals surface area contributed by atoms with Gasteiger partial charge in [-0.25, -0.2) is 8.42 Å². The van der Waals surface area contributed by atoms with Crippen molar-refractivity contribution in [2.24, 2.45) is 0 Å². The Balaban J connectivity index is 1.82. The molecule has 0 spiro atoms. The number of fused-ring (bicyclic) bond motifs is 1. The van der Waals surface area contributed by atoms with Crippen LogP contribution in [-0.2, 0) is 15.4 Å². The maximum absolute atomic E-state index is 13.7. The van der Waals surface area contributed by atoms with Gasteiger partial charge in [0.05, 0.1) is 22.6 Å². The first-order valence-corrected chi connectivity index (χ1v) is 12.3. The molecular formula is C27H28N2O2S. The van der Waals surface area contributed by atoms with Gasteiger partial charge in [-0.3, -0.25) is 4.31 Å². The first-order valence-electron chi connectivity index (χ1n) is 10.8. The monoisotopic (exact) mass is 444 g/mol. The average Bonchev–Trinajstić information content (AvgIpc) is 2.77. The lowest BCUT2D eigenvalue weighted by Gasteiger charge is -2.38. The van der Waals surface area contributed by atoms with Crippen LogP contribution in [0.5, 0.6) is 0 Å². The van der Waals surface area contributed by atoms with Crippen molar-refractivity contribution in [3.8, 4) is 6.07 Å². The molecule has 0 bridgehead atoms. The van der Waals surface area contributed by atoms with Crippen LogP contribution in [0, 0.1) is 18.3 Å². The Hall–Kier alpha value is -3.10. The Morgan fingerprint density at radius 1 is 0.938 bits per heavy atom. The molecule has 0 aliphatic carbocycles. The lowest BCUT2D eigenvalue weighted by Crippen LogP contribution is -2.40. The molecule has 1 heterocycles. The molecule has 4 rings (SSSR count). The van der Waals surface area contributed by atoms with Crippen molar-refractivity contribution in [3.05, 3.63) is 95.1 Å². The van der Waals surface area contributed by atoms with E-state index in [-0.39, 0.29) is 22.8 Å². The maximum atomic E-state index is 13.7. The molecule has 0 aromatic heterocycles. The zero-order chi connectivity index (χ0) is 23.1. The van der Waals surface area contributed by atoms with E-state index in [4.69, 9.17) is 0 Å². The summed E-state index contributed by atoms with van der Waals surface area (Å²) in [6, 6.07) is 25.0. The molecule has 1 aliphatic heterocycles. The first kappa shape index (κ1) is 22.1. The molecule has 1 aliphatic rings. The predicted molar refractivity (Wildman–Crippen MR) is 128 cm³/mol. The number of aryl methyl sites for hydroxylation is 1. The third-order valence-electron chi connectivity index (χ3n) is 6.26. The Bertz CT molecular complexity index is 1260. The summed E-state index contributed by atoms with van der Waals surface area (Å²) >= 11 is 0. The molecule has 0 radical (unpaired) electrons. The number of anilines is 1. The second-order valence-corrected chi connectivity index (χ2v) is 11.4. The highest BCUT2D eigenvalue weighted by Crippen LogP contribution is 2.45. The highest BCUT2D eigenvalue weighted by molar-refractivity contribution is 7.92. The Labute approximate surface area is 191 Å². The van der Waals surface area contributed by atoms with Gasteiger partial charge < -0.3 is 0 Å². The summed E-state index contributed by atoms with van der Waals surface area (Å²) < 4.78 is 28.8. The number of nitrogens with zero attached hydrogens (tertiary/aromatic N) is 2. The number of hydrogen-bond acceptors (Lipinski definition) is 3. The van der Waals surface area contributed by atoms with E-state index in [0.29, 0.717) is 5.69 Å². The van der Waals surface area contributed by atoms with Crippen molar-refractivity contribution in [1.29, 1.82) is 5.26 Å². The fourth-order valence-electron chi connectivity index (χ4n) is 4.33. The molecule has 3 aromatic carbocycles. The molecule has 5 heteroatoms. The van der Waals surface area contributed by atoms with E-state index in [1.165, 1.54) is 9.87 Å². The van der Waals surface area contributed by atoms with Gasteiger partial charge in [0.25, 0.3) is 10.0 Å². The van der Waals surface area contributed by atoms with Crippen molar-refractivity contribution >= 4 is 15.7 Å². The largest absolute Gasteiger partial charge is 0.265 e. The number of rotatable bonds is 3. The molecule has 164 valence electrons. The van der Waals surface area contributed by atoms with Crippen LogP contribution in [0.1, 0.15) is 54.9 Å². The van der Waals surface area contributed by atoms with Crippen LogP contribution in [0.4, 0.5) is 5.69 Å². The Morgan fingerprint density at radius 3 is 2.16 bits per heavy atom. The van der Waals surface area contributed by atoms with Gasteiger partial charge in [0.15, 0.2) is 0 Å². The van der Waals surface area contributed by atoms with Gasteiger partial charge >= 0.3 is 0 Å². The van der Waals surface area contributed by atoms with E-state index in [9.17, 15) is 13.7 Å². The second-order valence-electron chi connectivity index (χ2n) is 9.49. The summed E-state index contributed by atoms with van der Waals surface area (Å²) in [4.78, 5) is 0.259. The fourth-order valence-corrected chi connectivity index (χ4v) is 5.85. The number of benzene rings is 3. The van der Waals surface area contributed by atoms with Crippen LogP contribution in [0.2, 0.25) is 0 Å². The lowest BCUT2D eigenvalue weighted by atomic mass is 9.78. The first-order chi connectivity index (χ1) is 15.1. The zero-order valence-corrected chi connectivity index (χ0v) is 19.7. The third-order valence-corrected chi connectivity index (χ3v) is 8.05. The van der Waals surface area contributed by atoms with Crippen LogP contribution >= 0.6 is 0 Å². The topological polar surface area (TPSA) is 61.2 Å². The van der Waals surface area contributed by atoms with E-state index in [1.54, 1.807) is 18.2 Å². The van der Waals surface area contributed by atoms with Crippen LogP contribution in [0.15, 0.2) is 77.7 Å². The smallest absolute Gasteiger partial charge is 0.264 e. The summed E-state index contributed by atoms with van der Waals surface area (Å²) in [6.07, 6.45) is 0. The molecule has 0 N–H and O–H groups in total. The number of nitriles is 1. The highest BCUT2D eigenvalue weighted by Gasteiger charge is 2.39. The van der Waals surface area contributed by atoms with E-state index in [2.05, 4.69) is 39.0 Å². The van der Waals surface area contributed by atoms with Crippen molar-refractivity contribution in [3.63, 3.8) is 0 Å². The van der Waals surface area contributed by atoms with Gasteiger partial charge in [0, 0.05) is 12.5 Å². The predicted octanol–water partition coefficient (Wildman–Crippen LogP) is 5.89. The average molecular weight is 445 g/mol. The Kier molecular flexibility index (Phi) is 5.60. The molecular weight excluding hydrogens is 416 g/mol. The summed E-state index contributed by atoms with van der Waals surface area (Å²) in [5.74, 6) is -0.680. The maximum Gasteiger partial charge on any atom is 0.264 e. The van der Waals surface area contributed by atoms with Crippen LogP contribution in [-0.4, -0.2) is 15.0 Å². The van der Waals surface area contributed by atoms with Crippen LogP contribution < -0.4 is 4.31 Å². The lowest BCUT2D eigenvalue weighted by molar-refractivity contribution is 0.564. The van der Waals surface area contributed by atoms with Crippen molar-refractivity contribution in [2.75, 3.05) is 10.8 Å². The molecule has 32 heavy (non-hydrogen) atoms. The van der Waals surface area contributed by atoms with Gasteiger partial charge in [-0.15, -0.1) is 0 Å². The number of sulfonamides is 1. The van der Waals surface area contributed by atoms with Crippen molar-refractivity contribution in [1.82, 2.24) is 0 Å². The van der Waals surface area contributed by atoms with Gasteiger partial charge in [0.1, 0.15) is 0 Å². The molecule has 0 saturated heterocycles. The molecule has 4 nitrogen and oxygen atoms in total. The standard InChI is InChI=1S/C27H28N2O2S/c1-19-9-15-22(16-10-19)32(30,31)29-18-25(20-11-13-21(14-12-20)27(2,3)4)24(17-28)23-7-5-6-8-26(23)29/h5-16,24-25H,18H2,1-4H3/t24-,25+/m1/s1. The third kappa shape index (κ3) is 3.91. The molecule has 0 fully saturated rings. The minimum Gasteiger partial charge on any atom is -0.265 e. The zero-order valence-electron chi connectivity index (χ0n) is 18.9. The molecule has 0 unspecified atom stereocenters. The summed E-state index contributed by atoms with van der Waals surface area (Å²) in [6.45, 7) is 8.63. The number of hydrogen-bond donors (Lipinski definition) is 0. The van der Waals surface area contributed by atoms with E-state index in [0.717, 1.165) is 16.7 Å². The quantitative estimate of drug-likeness (QED) is 0.506.